The minimum absolute atomic E-state index is 0.115. The molecule has 1 heterocycles. The standard InChI is InChI=1S/C15H22N2O2/c1-2-17-15(18)6-9-16-8-5-12-3-4-14-13(11-12)7-10-19-14/h3-4,11,16H,2,5-10H2,1H3,(H,17,18). The Morgan fingerprint density at radius 2 is 2.26 bits per heavy atom. The van der Waals surface area contributed by atoms with Crippen LogP contribution in [-0.4, -0.2) is 32.1 Å². The number of rotatable bonds is 7. The Labute approximate surface area is 114 Å². The van der Waals surface area contributed by atoms with Crippen LogP contribution in [0.1, 0.15) is 24.5 Å². The number of carbonyl (C=O) groups excluding carboxylic acids is 1. The summed E-state index contributed by atoms with van der Waals surface area (Å²) in [5.74, 6) is 1.15. The smallest absolute Gasteiger partial charge is 0.221 e. The lowest BCUT2D eigenvalue weighted by Gasteiger charge is -2.06. The molecule has 1 aliphatic heterocycles. The van der Waals surface area contributed by atoms with Crippen molar-refractivity contribution < 1.29 is 9.53 Å². The monoisotopic (exact) mass is 262 g/mol. The molecule has 0 bridgehead atoms. The minimum Gasteiger partial charge on any atom is -0.493 e. The van der Waals surface area contributed by atoms with E-state index in [1.807, 2.05) is 6.92 Å². The number of hydrogen-bond donors (Lipinski definition) is 2. The van der Waals surface area contributed by atoms with E-state index in [0.717, 1.165) is 38.3 Å². The van der Waals surface area contributed by atoms with Crippen molar-refractivity contribution in [2.75, 3.05) is 26.2 Å². The van der Waals surface area contributed by atoms with Gasteiger partial charge in [-0.1, -0.05) is 12.1 Å². The van der Waals surface area contributed by atoms with Gasteiger partial charge in [0.15, 0.2) is 0 Å². The topological polar surface area (TPSA) is 50.4 Å². The molecule has 1 amide bonds. The van der Waals surface area contributed by atoms with Crippen LogP contribution in [0.3, 0.4) is 0 Å². The summed E-state index contributed by atoms with van der Waals surface area (Å²) in [6.45, 7) is 5.08. The third-order valence-corrected chi connectivity index (χ3v) is 3.25. The molecule has 0 aliphatic carbocycles. The number of carbonyl (C=O) groups is 1. The fourth-order valence-electron chi connectivity index (χ4n) is 2.24. The first-order valence-corrected chi connectivity index (χ1v) is 7.01. The molecule has 104 valence electrons. The number of nitrogens with one attached hydrogen (secondary N) is 2. The van der Waals surface area contributed by atoms with E-state index in [1.54, 1.807) is 0 Å². The zero-order valence-corrected chi connectivity index (χ0v) is 11.5. The summed E-state index contributed by atoms with van der Waals surface area (Å²) in [4.78, 5) is 11.2. The second kappa shape index (κ2) is 7.14. The van der Waals surface area contributed by atoms with Gasteiger partial charge in [-0.3, -0.25) is 4.79 Å². The van der Waals surface area contributed by atoms with Crippen LogP contribution in [0.25, 0.3) is 0 Å². The highest BCUT2D eigenvalue weighted by atomic mass is 16.5. The highest BCUT2D eigenvalue weighted by molar-refractivity contribution is 5.75. The highest BCUT2D eigenvalue weighted by Gasteiger charge is 2.11. The van der Waals surface area contributed by atoms with Gasteiger partial charge in [-0.25, -0.2) is 0 Å². The number of benzene rings is 1. The van der Waals surface area contributed by atoms with Gasteiger partial charge in [0.1, 0.15) is 5.75 Å². The first-order valence-electron chi connectivity index (χ1n) is 7.01. The van der Waals surface area contributed by atoms with Crippen molar-refractivity contribution in [2.45, 2.75) is 26.2 Å². The van der Waals surface area contributed by atoms with Crippen LogP contribution in [0.15, 0.2) is 18.2 Å². The van der Waals surface area contributed by atoms with Crippen LogP contribution >= 0.6 is 0 Å². The maximum Gasteiger partial charge on any atom is 0.221 e. The van der Waals surface area contributed by atoms with Gasteiger partial charge in [0, 0.05) is 25.9 Å². The van der Waals surface area contributed by atoms with E-state index in [2.05, 4.69) is 28.8 Å². The molecule has 0 saturated heterocycles. The SMILES string of the molecule is CCNC(=O)CCNCCc1ccc2c(c1)CCO2. The van der Waals surface area contributed by atoms with Gasteiger partial charge in [0.2, 0.25) is 5.91 Å². The van der Waals surface area contributed by atoms with Crippen molar-refractivity contribution in [1.82, 2.24) is 10.6 Å². The third kappa shape index (κ3) is 4.24. The van der Waals surface area contributed by atoms with Crippen molar-refractivity contribution in [2.24, 2.45) is 0 Å². The van der Waals surface area contributed by atoms with E-state index in [-0.39, 0.29) is 5.91 Å². The molecule has 0 unspecified atom stereocenters. The fraction of sp³-hybridized carbons (Fsp3) is 0.533. The molecule has 2 rings (SSSR count). The van der Waals surface area contributed by atoms with E-state index in [1.165, 1.54) is 11.1 Å². The van der Waals surface area contributed by atoms with Gasteiger partial charge in [-0.2, -0.15) is 0 Å². The van der Waals surface area contributed by atoms with Crippen molar-refractivity contribution >= 4 is 5.91 Å². The minimum atomic E-state index is 0.115. The lowest BCUT2D eigenvalue weighted by molar-refractivity contribution is -0.120. The second-order valence-electron chi connectivity index (χ2n) is 4.74. The Hall–Kier alpha value is -1.55. The second-order valence-corrected chi connectivity index (χ2v) is 4.74. The normalized spacial score (nSPS) is 12.9. The van der Waals surface area contributed by atoms with Gasteiger partial charge >= 0.3 is 0 Å². The lowest BCUT2D eigenvalue weighted by Crippen LogP contribution is -2.28. The molecule has 0 fully saturated rings. The number of amides is 1. The van der Waals surface area contributed by atoms with Gasteiger partial charge in [-0.05, 0) is 37.1 Å². The Balaban J connectivity index is 1.65. The van der Waals surface area contributed by atoms with E-state index in [9.17, 15) is 4.79 Å². The first-order chi connectivity index (χ1) is 9.29. The summed E-state index contributed by atoms with van der Waals surface area (Å²) in [5, 5.41) is 6.09. The molecule has 19 heavy (non-hydrogen) atoms. The molecule has 0 radical (unpaired) electrons. The average molecular weight is 262 g/mol. The molecule has 1 aliphatic rings. The zero-order chi connectivity index (χ0) is 13.5. The predicted octanol–water partition coefficient (Wildman–Crippen LogP) is 1.28. The maximum absolute atomic E-state index is 11.2. The molecule has 0 atom stereocenters. The third-order valence-electron chi connectivity index (χ3n) is 3.25. The lowest BCUT2D eigenvalue weighted by atomic mass is 10.1. The Morgan fingerprint density at radius 3 is 3.11 bits per heavy atom. The molecule has 0 spiro atoms. The Morgan fingerprint density at radius 1 is 1.37 bits per heavy atom. The quantitative estimate of drug-likeness (QED) is 0.728. The van der Waals surface area contributed by atoms with Crippen LogP contribution in [0.4, 0.5) is 0 Å². The van der Waals surface area contributed by atoms with Crippen LogP contribution in [0.5, 0.6) is 5.75 Å². The molecule has 1 aromatic carbocycles. The van der Waals surface area contributed by atoms with Gasteiger partial charge in [-0.15, -0.1) is 0 Å². The van der Waals surface area contributed by atoms with Gasteiger partial charge < -0.3 is 15.4 Å². The largest absolute Gasteiger partial charge is 0.493 e. The van der Waals surface area contributed by atoms with E-state index in [0.29, 0.717) is 13.0 Å². The zero-order valence-electron chi connectivity index (χ0n) is 11.5. The maximum atomic E-state index is 11.2. The summed E-state index contributed by atoms with van der Waals surface area (Å²) in [6.07, 6.45) is 2.56. The fourth-order valence-corrected chi connectivity index (χ4v) is 2.24. The first kappa shape index (κ1) is 13.9. The van der Waals surface area contributed by atoms with Crippen molar-refractivity contribution in [3.8, 4) is 5.75 Å². The molecule has 4 heteroatoms. The molecule has 0 aromatic heterocycles. The molecule has 1 aromatic rings. The predicted molar refractivity (Wildman–Crippen MR) is 75.5 cm³/mol. The van der Waals surface area contributed by atoms with Crippen LogP contribution in [-0.2, 0) is 17.6 Å². The summed E-state index contributed by atoms with van der Waals surface area (Å²) >= 11 is 0. The molecule has 0 saturated carbocycles. The van der Waals surface area contributed by atoms with E-state index < -0.39 is 0 Å². The summed E-state index contributed by atoms with van der Waals surface area (Å²) in [6, 6.07) is 6.41. The Kier molecular flexibility index (Phi) is 5.21. The molecule has 4 nitrogen and oxygen atoms in total. The number of hydrogen-bond acceptors (Lipinski definition) is 3. The van der Waals surface area contributed by atoms with Crippen LogP contribution in [0, 0.1) is 0 Å². The number of fused-ring (bicyclic) bond motifs is 1. The molecular formula is C15H22N2O2. The van der Waals surface area contributed by atoms with Crippen molar-refractivity contribution in [3.63, 3.8) is 0 Å². The Bertz CT molecular complexity index is 432. The van der Waals surface area contributed by atoms with E-state index >= 15 is 0 Å². The van der Waals surface area contributed by atoms with E-state index in [4.69, 9.17) is 4.74 Å². The van der Waals surface area contributed by atoms with Gasteiger partial charge in [0.05, 0.1) is 6.61 Å². The van der Waals surface area contributed by atoms with Gasteiger partial charge in [0.25, 0.3) is 0 Å². The molecule has 2 N–H and O–H groups in total. The van der Waals surface area contributed by atoms with Crippen LogP contribution < -0.4 is 15.4 Å². The van der Waals surface area contributed by atoms with Crippen molar-refractivity contribution in [1.29, 1.82) is 0 Å². The van der Waals surface area contributed by atoms with Crippen LogP contribution in [0.2, 0.25) is 0 Å². The molecular weight excluding hydrogens is 240 g/mol. The highest BCUT2D eigenvalue weighted by Crippen LogP contribution is 2.25. The summed E-state index contributed by atoms with van der Waals surface area (Å²) in [7, 11) is 0. The summed E-state index contributed by atoms with van der Waals surface area (Å²) < 4.78 is 5.49. The van der Waals surface area contributed by atoms with Crippen molar-refractivity contribution in [3.05, 3.63) is 29.3 Å². The number of ether oxygens (including phenoxy) is 1. The average Bonchev–Trinajstić information content (AvgIpc) is 2.86. The summed E-state index contributed by atoms with van der Waals surface area (Å²) in [5.41, 5.74) is 2.65.